The van der Waals surface area contributed by atoms with E-state index in [1.54, 1.807) is 4.90 Å². The van der Waals surface area contributed by atoms with Crippen molar-refractivity contribution in [1.29, 1.82) is 0 Å². The standard InChI is InChI=1S/C40H41N5O4/c1-25-9-11-29(37-26(2)43-49-27(37)3)23-35(25)44(32-14-12-31(13-15-32)40(41-4)19-20-40)21-7-5-6-8-28-10-16-33-30(22-28)24-45(39(33)48)34-17-18-36(46)42-38(34)47/h9-16,22-23,34H,5-8,17-21,24H2,1-3H3,(H,42,46,47). The molecule has 0 radical (unpaired) electrons. The monoisotopic (exact) mass is 655 g/mol. The third kappa shape index (κ3) is 6.24. The number of amides is 3. The van der Waals surface area contributed by atoms with Gasteiger partial charge in [-0.15, -0.1) is 0 Å². The highest BCUT2D eigenvalue weighted by Crippen LogP contribution is 2.50. The fourth-order valence-corrected chi connectivity index (χ4v) is 7.43. The number of rotatable bonds is 11. The van der Waals surface area contributed by atoms with Crippen LogP contribution in [0.25, 0.3) is 16.0 Å². The molecule has 3 heterocycles. The summed E-state index contributed by atoms with van der Waals surface area (Å²) in [6.45, 7) is 15.0. The van der Waals surface area contributed by atoms with Gasteiger partial charge in [0.15, 0.2) is 0 Å². The Morgan fingerprint density at radius 3 is 2.49 bits per heavy atom. The van der Waals surface area contributed by atoms with Gasteiger partial charge >= 0.3 is 0 Å². The first-order chi connectivity index (χ1) is 23.7. The molecule has 9 nitrogen and oxygen atoms in total. The molecule has 9 heteroatoms. The van der Waals surface area contributed by atoms with Crippen molar-refractivity contribution in [3.05, 3.63) is 111 Å². The lowest BCUT2D eigenvalue weighted by atomic mass is 9.99. The van der Waals surface area contributed by atoms with E-state index in [1.807, 2.05) is 26.0 Å². The van der Waals surface area contributed by atoms with Crippen LogP contribution in [0, 0.1) is 27.3 Å². The van der Waals surface area contributed by atoms with E-state index in [1.165, 1.54) is 11.1 Å². The van der Waals surface area contributed by atoms with Crippen LogP contribution in [0.2, 0.25) is 0 Å². The lowest BCUT2D eigenvalue weighted by Gasteiger charge is -2.29. The number of imide groups is 1. The van der Waals surface area contributed by atoms with Gasteiger partial charge in [-0.1, -0.05) is 35.8 Å². The van der Waals surface area contributed by atoms with Gasteiger partial charge in [-0.3, -0.25) is 19.7 Å². The average molecular weight is 656 g/mol. The molecule has 3 aliphatic rings. The number of carbonyl (C=O) groups is 3. The fourth-order valence-electron chi connectivity index (χ4n) is 7.43. The van der Waals surface area contributed by atoms with E-state index in [-0.39, 0.29) is 29.7 Å². The number of aromatic nitrogens is 1. The first-order valence-corrected chi connectivity index (χ1v) is 17.2. The Kier molecular flexibility index (Phi) is 8.57. The van der Waals surface area contributed by atoms with Crippen molar-refractivity contribution < 1.29 is 18.9 Å². The maximum atomic E-state index is 13.1. The number of aryl methyl sites for hydroxylation is 4. The number of piperidine rings is 1. The van der Waals surface area contributed by atoms with E-state index in [0.29, 0.717) is 18.5 Å². The van der Waals surface area contributed by atoms with Crippen molar-refractivity contribution in [3.8, 4) is 11.1 Å². The molecule has 1 unspecified atom stereocenters. The molecule has 1 aromatic heterocycles. The Balaban J connectivity index is 1.04. The van der Waals surface area contributed by atoms with Gasteiger partial charge in [-0.25, -0.2) is 6.57 Å². The molecule has 1 atom stereocenters. The summed E-state index contributed by atoms with van der Waals surface area (Å²) < 4.78 is 5.49. The first kappa shape index (κ1) is 32.3. The minimum Gasteiger partial charge on any atom is -0.361 e. The minimum atomic E-state index is -0.601. The number of hydrogen-bond acceptors (Lipinski definition) is 6. The van der Waals surface area contributed by atoms with Gasteiger partial charge in [-0.05, 0) is 105 Å². The Labute approximate surface area is 287 Å². The second-order valence-electron chi connectivity index (χ2n) is 13.7. The number of nitrogens with zero attached hydrogens (tertiary/aromatic N) is 4. The topological polar surface area (TPSA) is 100 Å². The Hall–Kier alpha value is -5.23. The predicted octanol–water partition coefficient (Wildman–Crippen LogP) is 7.49. The Bertz CT molecular complexity index is 1960. The normalized spacial score (nSPS) is 17.9. The maximum absolute atomic E-state index is 13.1. The van der Waals surface area contributed by atoms with Crippen LogP contribution in [0.5, 0.6) is 0 Å². The van der Waals surface area contributed by atoms with E-state index >= 15 is 0 Å². The lowest BCUT2D eigenvalue weighted by Crippen LogP contribution is -2.52. The molecule has 2 fully saturated rings. The van der Waals surface area contributed by atoms with Crippen molar-refractivity contribution >= 4 is 29.1 Å². The van der Waals surface area contributed by atoms with Crippen molar-refractivity contribution in [1.82, 2.24) is 15.4 Å². The summed E-state index contributed by atoms with van der Waals surface area (Å²) in [5.41, 5.74) is 9.94. The van der Waals surface area contributed by atoms with Gasteiger partial charge in [-0.2, -0.15) is 0 Å². The number of benzene rings is 3. The predicted molar refractivity (Wildman–Crippen MR) is 187 cm³/mol. The Morgan fingerprint density at radius 1 is 1.00 bits per heavy atom. The Morgan fingerprint density at radius 2 is 1.80 bits per heavy atom. The van der Waals surface area contributed by atoms with Crippen LogP contribution in [0.1, 0.15) is 89.0 Å². The molecule has 3 aromatic carbocycles. The molecule has 1 aliphatic carbocycles. The zero-order chi connectivity index (χ0) is 34.3. The molecule has 0 bridgehead atoms. The molecule has 1 N–H and O–H groups in total. The second kappa shape index (κ2) is 13.0. The SMILES string of the molecule is [C-]#[N+]C1(c2ccc(N(CCCCCc3ccc4c(c3)CN(C3CCC(=O)NC3=O)C4=O)c3cc(-c4c(C)noc4C)ccc3C)cc2)CC1. The summed E-state index contributed by atoms with van der Waals surface area (Å²) in [6, 6.07) is 20.5. The largest absolute Gasteiger partial charge is 0.361 e. The van der Waals surface area contributed by atoms with Crippen LogP contribution in [0.4, 0.5) is 11.4 Å². The van der Waals surface area contributed by atoms with Gasteiger partial charge in [0, 0.05) is 60.4 Å². The third-order valence-electron chi connectivity index (χ3n) is 10.4. The minimum absolute atomic E-state index is 0.140. The molecule has 2 aliphatic heterocycles. The van der Waals surface area contributed by atoms with Crippen LogP contribution >= 0.6 is 0 Å². The van der Waals surface area contributed by atoms with Crippen molar-refractivity contribution in [2.24, 2.45) is 0 Å². The molecular weight excluding hydrogens is 614 g/mol. The molecule has 0 spiro atoms. The van der Waals surface area contributed by atoms with E-state index < -0.39 is 6.04 Å². The number of anilines is 2. The summed E-state index contributed by atoms with van der Waals surface area (Å²) in [4.78, 5) is 45.1. The smallest absolute Gasteiger partial charge is 0.258 e. The summed E-state index contributed by atoms with van der Waals surface area (Å²) in [5, 5.41) is 6.55. The molecule has 4 aromatic rings. The zero-order valence-corrected chi connectivity index (χ0v) is 28.3. The number of carbonyl (C=O) groups excluding carboxylic acids is 3. The van der Waals surface area contributed by atoms with E-state index in [4.69, 9.17) is 11.1 Å². The van der Waals surface area contributed by atoms with Crippen LogP contribution in [0.15, 0.2) is 65.2 Å². The highest BCUT2D eigenvalue weighted by Gasteiger charge is 2.52. The first-order valence-electron chi connectivity index (χ1n) is 17.2. The zero-order valence-electron chi connectivity index (χ0n) is 28.3. The van der Waals surface area contributed by atoms with E-state index in [9.17, 15) is 14.4 Å². The van der Waals surface area contributed by atoms with Crippen molar-refractivity contribution in [2.45, 2.75) is 90.3 Å². The van der Waals surface area contributed by atoms with Gasteiger partial charge in [0.1, 0.15) is 11.8 Å². The summed E-state index contributed by atoms with van der Waals surface area (Å²) in [7, 11) is 0. The molecular formula is C40H41N5O4. The van der Waals surface area contributed by atoms with Gasteiger partial charge < -0.3 is 19.2 Å². The number of hydrogen-bond donors (Lipinski definition) is 1. The molecule has 1 saturated carbocycles. The highest BCUT2D eigenvalue weighted by atomic mass is 16.5. The van der Waals surface area contributed by atoms with E-state index in [0.717, 1.165) is 90.2 Å². The number of nitrogens with one attached hydrogen (secondary N) is 1. The molecule has 1 saturated heterocycles. The maximum Gasteiger partial charge on any atom is 0.258 e. The number of unbranched alkanes of at least 4 members (excludes halogenated alkanes) is 2. The summed E-state index contributed by atoms with van der Waals surface area (Å²) >= 11 is 0. The summed E-state index contributed by atoms with van der Waals surface area (Å²) in [6.07, 6.45) is 6.37. The number of fused-ring (bicyclic) bond motifs is 1. The van der Waals surface area contributed by atoms with Gasteiger partial charge in [0.2, 0.25) is 11.8 Å². The van der Waals surface area contributed by atoms with Gasteiger partial charge in [0.25, 0.3) is 11.4 Å². The third-order valence-corrected chi connectivity index (χ3v) is 10.4. The quantitative estimate of drug-likeness (QED) is 0.102. The summed E-state index contributed by atoms with van der Waals surface area (Å²) in [5.74, 6) is -0.00291. The molecule has 3 amide bonds. The average Bonchev–Trinajstić information content (AvgIpc) is 3.74. The molecule has 7 rings (SSSR count). The molecule has 49 heavy (non-hydrogen) atoms. The fraction of sp³-hybridized carbons (Fsp3) is 0.375. The second-order valence-corrected chi connectivity index (χ2v) is 13.7. The van der Waals surface area contributed by atoms with Crippen molar-refractivity contribution in [3.63, 3.8) is 0 Å². The lowest BCUT2D eigenvalue weighted by molar-refractivity contribution is -0.136. The van der Waals surface area contributed by atoms with Crippen LogP contribution in [-0.2, 0) is 28.1 Å². The highest BCUT2D eigenvalue weighted by molar-refractivity contribution is 6.05. The van der Waals surface area contributed by atoms with Crippen LogP contribution in [-0.4, -0.2) is 40.4 Å². The van der Waals surface area contributed by atoms with Gasteiger partial charge in [0.05, 0.1) is 5.69 Å². The van der Waals surface area contributed by atoms with Crippen molar-refractivity contribution in [2.75, 3.05) is 11.4 Å². The van der Waals surface area contributed by atoms with Crippen LogP contribution in [0.3, 0.4) is 0 Å². The molecule has 250 valence electrons. The van der Waals surface area contributed by atoms with Crippen LogP contribution < -0.4 is 10.2 Å². The van der Waals surface area contributed by atoms with E-state index in [2.05, 4.69) is 75.7 Å².